The van der Waals surface area contributed by atoms with Gasteiger partial charge in [-0.2, -0.15) is 0 Å². The number of hydrogen-bond donors (Lipinski definition) is 1. The summed E-state index contributed by atoms with van der Waals surface area (Å²) in [6.45, 7) is 4.95. The molecule has 7 heteroatoms. The summed E-state index contributed by atoms with van der Waals surface area (Å²) in [7, 11) is 5.65. The summed E-state index contributed by atoms with van der Waals surface area (Å²) in [5, 5.41) is 3.10. The molecule has 0 aliphatic rings. The number of pyridine rings is 1. The van der Waals surface area contributed by atoms with Gasteiger partial charge >= 0.3 is 0 Å². The van der Waals surface area contributed by atoms with Crippen LogP contribution in [0.3, 0.4) is 0 Å². The van der Waals surface area contributed by atoms with Crippen molar-refractivity contribution >= 4 is 11.6 Å². The Labute approximate surface area is 177 Å². The van der Waals surface area contributed by atoms with E-state index in [0.29, 0.717) is 36.7 Å². The van der Waals surface area contributed by atoms with Gasteiger partial charge in [0.2, 0.25) is 0 Å². The Bertz CT molecular complexity index is 996. The van der Waals surface area contributed by atoms with Crippen molar-refractivity contribution in [2.45, 2.75) is 26.3 Å². The SMILES string of the molecule is CCOc1cccn2c(C(=O)NCC(c3ccc(OC)cc3)N(C)C)c(CC)nc12. The number of rotatable bonds is 9. The normalized spacial score (nSPS) is 12.2. The molecular weight excluding hydrogens is 380 g/mol. The Kier molecular flexibility index (Phi) is 6.95. The van der Waals surface area contributed by atoms with Crippen molar-refractivity contribution < 1.29 is 14.3 Å². The highest BCUT2D eigenvalue weighted by molar-refractivity contribution is 5.95. The number of aryl methyl sites for hydroxylation is 1. The Balaban J connectivity index is 1.85. The van der Waals surface area contributed by atoms with Crippen molar-refractivity contribution in [3.05, 3.63) is 59.5 Å². The monoisotopic (exact) mass is 410 g/mol. The maximum atomic E-state index is 13.2. The summed E-state index contributed by atoms with van der Waals surface area (Å²) in [6.07, 6.45) is 2.51. The van der Waals surface area contributed by atoms with Crippen LogP contribution in [-0.2, 0) is 6.42 Å². The van der Waals surface area contributed by atoms with Crippen molar-refractivity contribution in [3.63, 3.8) is 0 Å². The first-order valence-corrected chi connectivity index (χ1v) is 10.2. The zero-order valence-electron chi connectivity index (χ0n) is 18.3. The van der Waals surface area contributed by atoms with Crippen LogP contribution in [0, 0.1) is 0 Å². The average molecular weight is 411 g/mol. The number of imidazole rings is 1. The number of nitrogens with zero attached hydrogens (tertiary/aromatic N) is 3. The maximum absolute atomic E-state index is 13.2. The lowest BCUT2D eigenvalue weighted by molar-refractivity contribution is 0.0935. The van der Waals surface area contributed by atoms with E-state index in [1.165, 1.54) is 0 Å². The number of nitrogens with one attached hydrogen (secondary N) is 1. The first-order chi connectivity index (χ1) is 14.5. The number of amides is 1. The quantitative estimate of drug-likeness (QED) is 0.586. The summed E-state index contributed by atoms with van der Waals surface area (Å²) in [4.78, 5) is 19.9. The molecule has 0 fully saturated rings. The Hall–Kier alpha value is -3.06. The summed E-state index contributed by atoms with van der Waals surface area (Å²) in [5.41, 5.74) is 3.08. The van der Waals surface area contributed by atoms with E-state index < -0.39 is 0 Å². The first-order valence-electron chi connectivity index (χ1n) is 10.2. The molecule has 160 valence electrons. The summed E-state index contributed by atoms with van der Waals surface area (Å²) >= 11 is 0. The van der Waals surface area contributed by atoms with E-state index in [1.54, 1.807) is 7.11 Å². The number of ether oxygens (including phenoxy) is 2. The minimum absolute atomic E-state index is 0.0307. The van der Waals surface area contributed by atoms with Crippen LogP contribution in [0.15, 0.2) is 42.6 Å². The van der Waals surface area contributed by atoms with Gasteiger partial charge in [-0.1, -0.05) is 19.1 Å². The molecule has 1 unspecified atom stereocenters. The highest BCUT2D eigenvalue weighted by Gasteiger charge is 2.22. The number of hydrogen-bond acceptors (Lipinski definition) is 5. The molecule has 1 N–H and O–H groups in total. The van der Waals surface area contributed by atoms with Gasteiger partial charge in [-0.05, 0) is 57.3 Å². The number of aromatic nitrogens is 2. The minimum atomic E-state index is -0.145. The second-order valence-electron chi connectivity index (χ2n) is 7.22. The molecule has 0 spiro atoms. The summed E-state index contributed by atoms with van der Waals surface area (Å²) in [6, 6.07) is 11.7. The predicted octanol–water partition coefficient (Wildman–Crippen LogP) is 3.34. The largest absolute Gasteiger partial charge is 0.497 e. The molecule has 0 saturated heterocycles. The predicted molar refractivity (Wildman–Crippen MR) is 117 cm³/mol. The smallest absolute Gasteiger partial charge is 0.270 e. The summed E-state index contributed by atoms with van der Waals surface area (Å²) < 4.78 is 12.7. The second kappa shape index (κ2) is 9.63. The van der Waals surface area contributed by atoms with Crippen LogP contribution in [-0.4, -0.2) is 54.5 Å². The molecule has 30 heavy (non-hydrogen) atoms. The highest BCUT2D eigenvalue weighted by Crippen LogP contribution is 2.24. The van der Waals surface area contributed by atoms with Gasteiger partial charge in [0.15, 0.2) is 11.4 Å². The molecule has 7 nitrogen and oxygen atoms in total. The fourth-order valence-electron chi connectivity index (χ4n) is 3.54. The Morgan fingerprint density at radius 3 is 2.53 bits per heavy atom. The third kappa shape index (κ3) is 4.41. The Morgan fingerprint density at radius 2 is 1.93 bits per heavy atom. The lowest BCUT2D eigenvalue weighted by Gasteiger charge is -2.25. The third-order valence-corrected chi connectivity index (χ3v) is 5.12. The van der Waals surface area contributed by atoms with Gasteiger partial charge in [-0.25, -0.2) is 4.98 Å². The fourth-order valence-corrected chi connectivity index (χ4v) is 3.54. The molecule has 0 radical (unpaired) electrons. The van der Waals surface area contributed by atoms with Crippen LogP contribution in [0.5, 0.6) is 11.5 Å². The summed E-state index contributed by atoms with van der Waals surface area (Å²) in [5.74, 6) is 1.34. The first kappa shape index (κ1) is 21.6. The molecule has 1 atom stereocenters. The molecule has 1 aromatic carbocycles. The number of carbonyl (C=O) groups is 1. The zero-order chi connectivity index (χ0) is 21.7. The van der Waals surface area contributed by atoms with E-state index in [0.717, 1.165) is 17.0 Å². The van der Waals surface area contributed by atoms with Crippen molar-refractivity contribution in [1.82, 2.24) is 19.6 Å². The van der Waals surface area contributed by atoms with Gasteiger partial charge in [0.1, 0.15) is 11.4 Å². The van der Waals surface area contributed by atoms with Crippen LogP contribution in [0.1, 0.15) is 41.6 Å². The lowest BCUT2D eigenvalue weighted by atomic mass is 10.1. The van der Waals surface area contributed by atoms with Crippen LogP contribution in [0.2, 0.25) is 0 Å². The number of methoxy groups -OCH3 is 1. The van der Waals surface area contributed by atoms with Crippen LogP contribution in [0.4, 0.5) is 0 Å². The number of likely N-dealkylation sites (N-methyl/N-ethyl adjacent to an activating group) is 1. The molecule has 1 amide bonds. The van der Waals surface area contributed by atoms with Gasteiger partial charge in [0.25, 0.3) is 5.91 Å². The molecule has 0 aliphatic heterocycles. The number of fused-ring (bicyclic) bond motifs is 1. The molecule has 0 saturated carbocycles. The Morgan fingerprint density at radius 1 is 1.20 bits per heavy atom. The highest BCUT2D eigenvalue weighted by atomic mass is 16.5. The maximum Gasteiger partial charge on any atom is 0.270 e. The van der Waals surface area contributed by atoms with Gasteiger partial charge in [-0.15, -0.1) is 0 Å². The van der Waals surface area contributed by atoms with E-state index in [9.17, 15) is 4.79 Å². The van der Waals surface area contributed by atoms with E-state index in [4.69, 9.17) is 9.47 Å². The van der Waals surface area contributed by atoms with Gasteiger partial charge in [-0.3, -0.25) is 9.20 Å². The standard InChI is InChI=1S/C23H30N4O3/c1-6-18-21(27-14-8-9-20(30-7-2)22(27)25-18)23(28)24-15-19(26(3)4)16-10-12-17(29-5)13-11-16/h8-14,19H,6-7,15H2,1-5H3,(H,24,28). The van der Waals surface area contributed by atoms with E-state index >= 15 is 0 Å². The van der Waals surface area contributed by atoms with E-state index in [2.05, 4.69) is 15.2 Å². The second-order valence-corrected chi connectivity index (χ2v) is 7.22. The molecule has 0 aliphatic carbocycles. The zero-order valence-corrected chi connectivity index (χ0v) is 18.3. The van der Waals surface area contributed by atoms with Crippen LogP contribution in [0.25, 0.3) is 5.65 Å². The fraction of sp³-hybridized carbons (Fsp3) is 0.391. The molecular formula is C23H30N4O3. The van der Waals surface area contributed by atoms with Gasteiger partial charge in [0, 0.05) is 12.7 Å². The van der Waals surface area contributed by atoms with Crippen molar-refractivity contribution in [1.29, 1.82) is 0 Å². The van der Waals surface area contributed by atoms with Crippen molar-refractivity contribution in [2.75, 3.05) is 34.4 Å². The van der Waals surface area contributed by atoms with Crippen LogP contribution >= 0.6 is 0 Å². The minimum Gasteiger partial charge on any atom is -0.497 e. The molecule has 3 aromatic rings. The number of benzene rings is 1. The molecule has 2 aromatic heterocycles. The number of carbonyl (C=O) groups excluding carboxylic acids is 1. The third-order valence-electron chi connectivity index (χ3n) is 5.12. The van der Waals surface area contributed by atoms with Crippen molar-refractivity contribution in [3.8, 4) is 11.5 Å². The van der Waals surface area contributed by atoms with Crippen LogP contribution < -0.4 is 14.8 Å². The topological polar surface area (TPSA) is 68.1 Å². The van der Waals surface area contributed by atoms with Gasteiger partial charge < -0.3 is 19.7 Å². The van der Waals surface area contributed by atoms with Crippen molar-refractivity contribution in [2.24, 2.45) is 0 Å². The van der Waals surface area contributed by atoms with Gasteiger partial charge in [0.05, 0.1) is 25.5 Å². The molecule has 3 rings (SSSR count). The average Bonchev–Trinajstić information content (AvgIpc) is 3.14. The lowest BCUT2D eigenvalue weighted by Crippen LogP contribution is -2.35. The molecule has 2 heterocycles. The van der Waals surface area contributed by atoms with E-state index in [1.807, 2.05) is 74.9 Å². The molecule has 0 bridgehead atoms. The van der Waals surface area contributed by atoms with E-state index in [-0.39, 0.29) is 11.9 Å².